The molecular formula is C31H36N6O4. The third-order valence-corrected chi connectivity index (χ3v) is 7.72. The summed E-state index contributed by atoms with van der Waals surface area (Å²) < 4.78 is 9.55. The number of carboxylic acid groups (broad SMARTS) is 1. The molecule has 1 aliphatic carbocycles. The van der Waals surface area contributed by atoms with E-state index in [0.717, 1.165) is 46.9 Å². The van der Waals surface area contributed by atoms with Crippen LogP contribution in [0.15, 0.2) is 73.3 Å². The Labute approximate surface area is 239 Å². The van der Waals surface area contributed by atoms with Gasteiger partial charge in [-0.15, -0.1) is 0 Å². The Hall–Kier alpha value is -4.44. The smallest absolute Gasteiger partial charge is 0.407 e. The molecule has 1 amide bonds. The van der Waals surface area contributed by atoms with Crippen molar-refractivity contribution in [3.63, 3.8) is 0 Å². The van der Waals surface area contributed by atoms with Crippen molar-refractivity contribution in [1.82, 2.24) is 29.3 Å². The highest BCUT2D eigenvalue weighted by Gasteiger charge is 2.29. The lowest BCUT2D eigenvalue weighted by molar-refractivity contribution is -0.139. The fourth-order valence-electron chi connectivity index (χ4n) is 5.44. The molecule has 0 aliphatic heterocycles. The molecule has 0 radical (unpaired) electrons. The van der Waals surface area contributed by atoms with E-state index in [-0.39, 0.29) is 12.5 Å². The molecule has 4 aromatic rings. The summed E-state index contributed by atoms with van der Waals surface area (Å²) in [6.07, 6.45) is 8.36. The second-order valence-electron chi connectivity index (χ2n) is 10.5. The number of aryl methyl sites for hydroxylation is 2. The first-order chi connectivity index (χ1) is 19.9. The monoisotopic (exact) mass is 556 g/mol. The Kier molecular flexibility index (Phi) is 8.79. The van der Waals surface area contributed by atoms with Crippen LogP contribution in [-0.4, -0.2) is 60.4 Å². The third kappa shape index (κ3) is 6.66. The highest BCUT2D eigenvalue weighted by Crippen LogP contribution is 2.44. The summed E-state index contributed by atoms with van der Waals surface area (Å²) in [6.45, 7) is 2.17. The van der Waals surface area contributed by atoms with Gasteiger partial charge in [-0.05, 0) is 48.1 Å². The van der Waals surface area contributed by atoms with Crippen molar-refractivity contribution in [2.45, 2.75) is 44.3 Å². The van der Waals surface area contributed by atoms with Crippen molar-refractivity contribution in [3.8, 4) is 11.1 Å². The zero-order chi connectivity index (χ0) is 28.8. The molecule has 1 unspecified atom stereocenters. The number of aliphatic carboxylic acids is 1. The van der Waals surface area contributed by atoms with Crippen LogP contribution < -0.4 is 5.32 Å². The Morgan fingerprint density at radius 2 is 1.49 bits per heavy atom. The molecule has 1 aliphatic rings. The summed E-state index contributed by atoms with van der Waals surface area (Å²) in [5.74, 6) is 0.732. The molecule has 0 saturated carbocycles. The molecule has 2 aromatic heterocycles. The largest absolute Gasteiger partial charge is 0.480 e. The van der Waals surface area contributed by atoms with Crippen LogP contribution in [0.1, 0.15) is 48.0 Å². The fraction of sp³-hybridized carbons (Fsp3) is 0.355. The molecule has 10 nitrogen and oxygen atoms in total. The number of carbonyl (C=O) groups excluding carboxylic acids is 1. The van der Waals surface area contributed by atoms with E-state index in [1.807, 2.05) is 72.0 Å². The summed E-state index contributed by atoms with van der Waals surface area (Å²) in [6, 6.07) is 15.2. The van der Waals surface area contributed by atoms with Crippen LogP contribution in [0, 0.1) is 0 Å². The Morgan fingerprint density at radius 3 is 2.00 bits per heavy atom. The number of hydrogen-bond donors (Lipinski definition) is 2. The van der Waals surface area contributed by atoms with Gasteiger partial charge in [0, 0.05) is 44.8 Å². The van der Waals surface area contributed by atoms with E-state index in [0.29, 0.717) is 25.9 Å². The van der Waals surface area contributed by atoms with Gasteiger partial charge in [-0.2, -0.15) is 0 Å². The van der Waals surface area contributed by atoms with Crippen molar-refractivity contribution in [2.75, 3.05) is 13.2 Å². The minimum Gasteiger partial charge on any atom is -0.480 e. The van der Waals surface area contributed by atoms with Crippen LogP contribution in [0.3, 0.4) is 0 Å². The van der Waals surface area contributed by atoms with Gasteiger partial charge in [0.1, 0.15) is 24.3 Å². The maximum atomic E-state index is 12.7. The van der Waals surface area contributed by atoms with Gasteiger partial charge in [0.15, 0.2) is 0 Å². The number of aromatic nitrogens is 4. The first-order valence-corrected chi connectivity index (χ1v) is 13.9. The number of nitrogens with one attached hydrogen (secondary N) is 1. The minimum atomic E-state index is -1.07. The maximum Gasteiger partial charge on any atom is 0.407 e. The molecule has 214 valence electrons. The fourth-order valence-corrected chi connectivity index (χ4v) is 5.44. The number of alkyl carbamates (subject to hydrolysis) is 1. The number of imidazole rings is 2. The lowest BCUT2D eigenvalue weighted by Gasteiger charge is -2.22. The maximum absolute atomic E-state index is 12.7. The van der Waals surface area contributed by atoms with E-state index < -0.39 is 18.1 Å². The van der Waals surface area contributed by atoms with Crippen molar-refractivity contribution < 1.29 is 19.4 Å². The summed E-state index contributed by atoms with van der Waals surface area (Å²) in [5, 5.41) is 12.3. The summed E-state index contributed by atoms with van der Waals surface area (Å²) >= 11 is 0. The predicted octanol–water partition coefficient (Wildman–Crippen LogP) is 4.32. The minimum absolute atomic E-state index is 0.0835. The van der Waals surface area contributed by atoms with E-state index in [2.05, 4.69) is 32.3 Å². The van der Waals surface area contributed by atoms with Crippen LogP contribution in [0.4, 0.5) is 4.79 Å². The average Bonchev–Trinajstić information content (AvgIpc) is 3.66. The van der Waals surface area contributed by atoms with Gasteiger partial charge in [-0.25, -0.2) is 19.6 Å². The number of nitrogens with zero attached hydrogens (tertiary/aromatic N) is 5. The number of carboxylic acids is 1. The quantitative estimate of drug-likeness (QED) is 0.236. The molecule has 2 heterocycles. The highest BCUT2D eigenvalue weighted by atomic mass is 16.5. The van der Waals surface area contributed by atoms with E-state index in [1.165, 1.54) is 0 Å². The molecule has 0 bridgehead atoms. The summed E-state index contributed by atoms with van der Waals surface area (Å²) in [7, 11) is 3.93. The van der Waals surface area contributed by atoms with Gasteiger partial charge >= 0.3 is 12.1 Å². The number of rotatable bonds is 13. The van der Waals surface area contributed by atoms with Crippen LogP contribution in [0.5, 0.6) is 0 Å². The molecular weight excluding hydrogens is 520 g/mol. The zero-order valence-corrected chi connectivity index (χ0v) is 23.4. The standard InChI is InChI=1S/C31H36N6O4/c1-35-17-14-32-28(35)19-37(20-29-33-15-18-36(29)2)16-8-7-13-27(30(38)39)34-31(40)41-21-26-24-11-5-3-9-22(24)23-10-4-6-12-25(23)26/h3-6,9-12,14-15,17-18,26-27H,7-8,13,16,19-21H2,1-2H3,(H,34,40)(H,38,39). The topological polar surface area (TPSA) is 115 Å². The number of fused-ring (bicyclic) bond motifs is 3. The normalized spacial score (nSPS) is 13.1. The SMILES string of the molecule is Cn1ccnc1CN(CCCCC(NC(=O)OCC1c2ccccc2-c2ccccc21)C(=O)O)Cc1nccn1C. The predicted molar refractivity (Wildman–Crippen MR) is 154 cm³/mol. The third-order valence-electron chi connectivity index (χ3n) is 7.72. The lowest BCUT2D eigenvalue weighted by atomic mass is 9.98. The molecule has 2 N–H and O–H groups in total. The second-order valence-corrected chi connectivity index (χ2v) is 10.5. The van der Waals surface area contributed by atoms with E-state index >= 15 is 0 Å². The van der Waals surface area contributed by atoms with Crippen molar-refractivity contribution in [3.05, 3.63) is 96.1 Å². The number of amides is 1. The van der Waals surface area contributed by atoms with Crippen molar-refractivity contribution >= 4 is 12.1 Å². The lowest BCUT2D eigenvalue weighted by Crippen LogP contribution is -2.41. The second kappa shape index (κ2) is 12.8. The van der Waals surface area contributed by atoms with Gasteiger partial charge in [0.2, 0.25) is 0 Å². The first kappa shape index (κ1) is 28.1. The van der Waals surface area contributed by atoms with Gasteiger partial charge in [0.05, 0.1) is 13.1 Å². The van der Waals surface area contributed by atoms with Crippen LogP contribution >= 0.6 is 0 Å². The van der Waals surface area contributed by atoms with Gasteiger partial charge in [-0.3, -0.25) is 4.90 Å². The number of carbonyl (C=O) groups is 2. The molecule has 5 rings (SSSR count). The molecule has 10 heteroatoms. The first-order valence-electron chi connectivity index (χ1n) is 13.9. The van der Waals surface area contributed by atoms with E-state index in [9.17, 15) is 14.7 Å². The van der Waals surface area contributed by atoms with Crippen molar-refractivity contribution in [2.24, 2.45) is 14.1 Å². The molecule has 0 spiro atoms. The van der Waals surface area contributed by atoms with Gasteiger partial charge in [0.25, 0.3) is 0 Å². The Bertz CT molecular complexity index is 1410. The summed E-state index contributed by atoms with van der Waals surface area (Å²) in [5.41, 5.74) is 4.50. The highest BCUT2D eigenvalue weighted by molar-refractivity contribution is 5.81. The van der Waals surface area contributed by atoms with E-state index in [4.69, 9.17) is 4.74 Å². The number of hydrogen-bond acceptors (Lipinski definition) is 6. The zero-order valence-electron chi connectivity index (χ0n) is 23.4. The number of ether oxygens (including phenoxy) is 1. The molecule has 0 fully saturated rings. The van der Waals surface area contributed by atoms with Crippen LogP contribution in [0.2, 0.25) is 0 Å². The molecule has 1 atom stereocenters. The molecule has 2 aromatic carbocycles. The van der Waals surface area contributed by atoms with E-state index in [1.54, 1.807) is 12.4 Å². The van der Waals surface area contributed by atoms with Gasteiger partial charge < -0.3 is 24.3 Å². The molecule has 41 heavy (non-hydrogen) atoms. The van der Waals surface area contributed by atoms with Crippen LogP contribution in [-0.2, 0) is 36.7 Å². The number of benzene rings is 2. The Morgan fingerprint density at radius 1 is 0.927 bits per heavy atom. The number of unbranched alkanes of at least 4 members (excludes halogenated alkanes) is 1. The van der Waals surface area contributed by atoms with Crippen molar-refractivity contribution in [1.29, 1.82) is 0 Å². The Balaban J connectivity index is 1.13. The molecule has 0 saturated heterocycles. The van der Waals surface area contributed by atoms with Crippen LogP contribution in [0.25, 0.3) is 11.1 Å². The summed E-state index contributed by atoms with van der Waals surface area (Å²) in [4.78, 5) is 35.8. The average molecular weight is 557 g/mol. The van der Waals surface area contributed by atoms with Gasteiger partial charge in [-0.1, -0.05) is 48.5 Å².